The normalized spacial score (nSPS) is 7.43. The van der Waals surface area contributed by atoms with Gasteiger partial charge in [0.15, 0.2) is 0 Å². The highest BCUT2D eigenvalue weighted by Gasteiger charge is 1.72. The molecular weight excluding hydrogens is 192 g/mol. The topological polar surface area (TPSA) is 133 Å². The molecule has 0 aromatic rings. The third kappa shape index (κ3) is 315. The molecule has 0 amide bonds. The maximum Gasteiger partial charge on any atom is 0.300 e. The molecule has 0 atom stereocenters. The minimum atomic E-state index is -0.833. The van der Waals surface area contributed by atoms with Crippen molar-refractivity contribution >= 4 is 11.9 Å². The van der Waals surface area contributed by atoms with Crippen LogP contribution in [0.15, 0.2) is 0 Å². The van der Waals surface area contributed by atoms with Crippen molar-refractivity contribution in [3.8, 4) is 0 Å². The Morgan fingerprint density at radius 3 is 1.57 bits per heavy atom. The molecule has 6 N–H and O–H groups in total. The zero-order chi connectivity index (χ0) is 12.0. The van der Waals surface area contributed by atoms with Crippen LogP contribution in [0, 0.1) is 0 Å². The number of aliphatic hydroxyl groups is 1. The number of carbonyl (C=O) groups is 2. The fraction of sp³-hybridized carbons (Fsp3) is 0.714. The lowest BCUT2D eigenvalue weighted by Gasteiger charge is -1.91. The van der Waals surface area contributed by atoms with E-state index in [9.17, 15) is 0 Å². The van der Waals surface area contributed by atoms with Crippen LogP contribution in [-0.4, -0.2) is 47.1 Å². The molecular formula is C7H18N2O5. The van der Waals surface area contributed by atoms with Gasteiger partial charge in [-0.3, -0.25) is 14.9 Å². The Labute approximate surface area is 82.5 Å². The van der Waals surface area contributed by atoms with Crippen molar-refractivity contribution < 1.29 is 24.9 Å². The lowest BCUT2D eigenvalue weighted by molar-refractivity contribution is -0.135. The number of aliphatic hydroxyl groups excluding tert-OH is 1. The molecule has 0 heterocycles. The SMILES string of the molecule is CC(=O)O.CC(=O)O.NCCNCO. The van der Waals surface area contributed by atoms with E-state index in [2.05, 4.69) is 5.32 Å². The van der Waals surface area contributed by atoms with E-state index in [1.165, 1.54) is 0 Å². The summed E-state index contributed by atoms with van der Waals surface area (Å²) in [6.45, 7) is 3.47. The van der Waals surface area contributed by atoms with Gasteiger partial charge in [-0.1, -0.05) is 0 Å². The first-order valence-corrected chi connectivity index (χ1v) is 3.79. The van der Waals surface area contributed by atoms with Gasteiger partial charge in [0.1, 0.15) is 0 Å². The van der Waals surface area contributed by atoms with Crippen LogP contribution in [0.4, 0.5) is 0 Å². The smallest absolute Gasteiger partial charge is 0.300 e. The summed E-state index contributed by atoms with van der Waals surface area (Å²) in [5.41, 5.74) is 5.04. The fourth-order valence-electron chi connectivity index (χ4n) is 0.181. The summed E-state index contributed by atoms with van der Waals surface area (Å²) in [6, 6.07) is 0. The van der Waals surface area contributed by atoms with Gasteiger partial charge in [0, 0.05) is 26.9 Å². The first-order chi connectivity index (χ1) is 6.38. The van der Waals surface area contributed by atoms with Crippen LogP contribution in [0.1, 0.15) is 13.8 Å². The summed E-state index contributed by atoms with van der Waals surface area (Å²) in [5.74, 6) is -1.67. The second-order valence-electron chi connectivity index (χ2n) is 1.98. The highest BCUT2D eigenvalue weighted by atomic mass is 16.4. The van der Waals surface area contributed by atoms with Gasteiger partial charge in [-0.25, -0.2) is 0 Å². The minimum absolute atomic E-state index is 0.0250. The average molecular weight is 210 g/mol. The van der Waals surface area contributed by atoms with Crippen LogP contribution < -0.4 is 11.1 Å². The summed E-state index contributed by atoms with van der Waals surface area (Å²) >= 11 is 0. The maximum absolute atomic E-state index is 9.00. The molecule has 14 heavy (non-hydrogen) atoms. The molecule has 0 aromatic carbocycles. The summed E-state index contributed by atoms with van der Waals surface area (Å²) in [5, 5.41) is 25.5. The minimum Gasteiger partial charge on any atom is -0.481 e. The molecule has 0 radical (unpaired) electrons. The van der Waals surface area contributed by atoms with Crippen LogP contribution in [0.2, 0.25) is 0 Å². The third-order valence-electron chi connectivity index (χ3n) is 0.433. The van der Waals surface area contributed by atoms with Gasteiger partial charge >= 0.3 is 0 Å². The zero-order valence-corrected chi connectivity index (χ0v) is 8.36. The van der Waals surface area contributed by atoms with E-state index in [1.807, 2.05) is 0 Å². The summed E-state index contributed by atoms with van der Waals surface area (Å²) in [4.78, 5) is 18.0. The van der Waals surface area contributed by atoms with Crippen LogP contribution >= 0.6 is 0 Å². The number of hydrogen-bond acceptors (Lipinski definition) is 5. The summed E-state index contributed by atoms with van der Waals surface area (Å²) in [6.07, 6.45) is 0. The van der Waals surface area contributed by atoms with Gasteiger partial charge in [0.25, 0.3) is 11.9 Å². The van der Waals surface area contributed by atoms with Crippen molar-refractivity contribution in [2.45, 2.75) is 13.8 Å². The molecule has 7 heteroatoms. The van der Waals surface area contributed by atoms with Crippen molar-refractivity contribution in [3.63, 3.8) is 0 Å². The van der Waals surface area contributed by atoms with Crippen LogP contribution in [0.3, 0.4) is 0 Å². The molecule has 0 unspecified atom stereocenters. The Bertz CT molecular complexity index is 116. The first-order valence-electron chi connectivity index (χ1n) is 3.79. The Kier molecular flexibility index (Phi) is 23.6. The van der Waals surface area contributed by atoms with Gasteiger partial charge in [-0.05, 0) is 0 Å². The van der Waals surface area contributed by atoms with Crippen molar-refractivity contribution in [2.24, 2.45) is 5.73 Å². The number of carboxylic acid groups (broad SMARTS) is 2. The molecule has 0 rings (SSSR count). The number of aliphatic carboxylic acids is 2. The van der Waals surface area contributed by atoms with Gasteiger partial charge in [-0.2, -0.15) is 0 Å². The lowest BCUT2D eigenvalue weighted by atomic mass is 10.7. The summed E-state index contributed by atoms with van der Waals surface area (Å²) in [7, 11) is 0. The van der Waals surface area contributed by atoms with Gasteiger partial charge in [-0.15, -0.1) is 0 Å². The Balaban J connectivity index is -0.000000135. The Hall–Kier alpha value is -1.18. The van der Waals surface area contributed by atoms with E-state index in [1.54, 1.807) is 0 Å². The molecule has 0 fully saturated rings. The van der Waals surface area contributed by atoms with Gasteiger partial charge < -0.3 is 21.1 Å². The molecule has 0 aliphatic heterocycles. The van der Waals surface area contributed by atoms with E-state index in [0.29, 0.717) is 13.1 Å². The van der Waals surface area contributed by atoms with Crippen LogP contribution in [0.5, 0.6) is 0 Å². The molecule has 0 saturated heterocycles. The van der Waals surface area contributed by atoms with Gasteiger partial charge in [0.05, 0.1) is 6.73 Å². The van der Waals surface area contributed by atoms with Crippen molar-refractivity contribution in [3.05, 3.63) is 0 Å². The predicted octanol–water partition coefficient (Wildman–Crippen LogP) is -1.33. The van der Waals surface area contributed by atoms with Crippen molar-refractivity contribution in [1.82, 2.24) is 5.32 Å². The molecule has 86 valence electrons. The average Bonchev–Trinajstić information content (AvgIpc) is 1.98. The largest absolute Gasteiger partial charge is 0.481 e. The summed E-state index contributed by atoms with van der Waals surface area (Å²) < 4.78 is 0. The van der Waals surface area contributed by atoms with Crippen molar-refractivity contribution in [2.75, 3.05) is 19.8 Å². The van der Waals surface area contributed by atoms with E-state index in [0.717, 1.165) is 13.8 Å². The standard InChI is InChI=1S/C3H10N2O.2C2H4O2/c4-1-2-5-3-6;2*1-2(3)4/h5-6H,1-4H2;2*1H3,(H,3,4). The first kappa shape index (κ1) is 18.6. The highest BCUT2D eigenvalue weighted by molar-refractivity contribution is 5.63. The quantitative estimate of drug-likeness (QED) is 0.288. The number of nitrogens with two attached hydrogens (primary N) is 1. The van der Waals surface area contributed by atoms with E-state index < -0.39 is 11.9 Å². The van der Waals surface area contributed by atoms with Gasteiger partial charge in [0.2, 0.25) is 0 Å². The Morgan fingerprint density at radius 2 is 1.50 bits per heavy atom. The zero-order valence-electron chi connectivity index (χ0n) is 8.36. The number of rotatable bonds is 3. The second-order valence-corrected chi connectivity index (χ2v) is 1.98. The third-order valence-corrected chi connectivity index (χ3v) is 0.433. The number of nitrogens with one attached hydrogen (secondary N) is 1. The molecule has 0 saturated carbocycles. The second kappa shape index (κ2) is 17.8. The molecule has 0 aliphatic carbocycles. The highest BCUT2D eigenvalue weighted by Crippen LogP contribution is 1.44. The number of carboxylic acids is 2. The van der Waals surface area contributed by atoms with Crippen molar-refractivity contribution in [1.29, 1.82) is 0 Å². The lowest BCUT2D eigenvalue weighted by Crippen LogP contribution is -2.22. The molecule has 0 aliphatic rings. The van der Waals surface area contributed by atoms with E-state index in [-0.39, 0.29) is 6.73 Å². The maximum atomic E-state index is 9.00. The monoisotopic (exact) mass is 210 g/mol. The van der Waals surface area contributed by atoms with E-state index in [4.69, 9.17) is 30.6 Å². The number of hydrogen-bond donors (Lipinski definition) is 5. The Morgan fingerprint density at radius 1 is 1.21 bits per heavy atom. The predicted molar refractivity (Wildman–Crippen MR) is 50.8 cm³/mol. The molecule has 7 nitrogen and oxygen atoms in total. The molecule has 0 spiro atoms. The van der Waals surface area contributed by atoms with Crippen LogP contribution in [0.25, 0.3) is 0 Å². The van der Waals surface area contributed by atoms with E-state index >= 15 is 0 Å². The van der Waals surface area contributed by atoms with Crippen LogP contribution in [-0.2, 0) is 9.59 Å². The molecule has 0 bridgehead atoms. The fourth-order valence-corrected chi connectivity index (χ4v) is 0.181. The molecule has 0 aromatic heterocycles.